The molecule has 0 fully saturated rings. The summed E-state index contributed by atoms with van der Waals surface area (Å²) in [4.78, 5) is 22.6. The molecule has 0 unspecified atom stereocenters. The number of rotatable bonds is 20. The van der Waals surface area contributed by atoms with Crippen molar-refractivity contribution in [3.8, 4) is 0 Å². The molecule has 0 aliphatic heterocycles. The zero-order valence-electron chi connectivity index (χ0n) is 19.7. The van der Waals surface area contributed by atoms with Gasteiger partial charge in [-0.15, -0.1) is 0 Å². The number of carbonyl (C=O) groups is 2. The number of aliphatic carboxylic acids is 1. The van der Waals surface area contributed by atoms with E-state index in [2.05, 4.69) is 24.4 Å². The highest BCUT2D eigenvalue weighted by Gasteiger charge is 2.19. The Morgan fingerprint density at radius 3 is 2.33 bits per heavy atom. The first-order valence-electron chi connectivity index (χ1n) is 11.9. The second-order valence-electron chi connectivity index (χ2n) is 9.08. The smallest absolute Gasteiger partial charge is 0.359 e. The van der Waals surface area contributed by atoms with E-state index in [1.807, 2.05) is 14.1 Å². The minimum atomic E-state index is -0.822. The van der Waals surface area contributed by atoms with E-state index in [0.29, 0.717) is 24.0 Å². The van der Waals surface area contributed by atoms with Crippen molar-refractivity contribution in [1.82, 2.24) is 5.32 Å². The Morgan fingerprint density at radius 2 is 1.63 bits per heavy atom. The number of allylic oxidation sites excluding steroid dienone is 1. The molecule has 0 bridgehead atoms. The van der Waals surface area contributed by atoms with Crippen molar-refractivity contribution in [3.63, 3.8) is 0 Å². The van der Waals surface area contributed by atoms with Crippen LogP contribution in [-0.2, 0) is 9.59 Å². The number of aliphatic hydroxyl groups is 1. The molecular formula is C24H47N2O4+. The number of nitrogens with zero attached hydrogens (tertiary/aromatic N) is 1. The summed E-state index contributed by atoms with van der Waals surface area (Å²) in [6.45, 7) is 3.39. The zero-order chi connectivity index (χ0) is 22.7. The number of carbonyl (C=O) groups excluding carboxylic acids is 1. The highest BCUT2D eigenvalue weighted by molar-refractivity contribution is 5.75. The average Bonchev–Trinajstić information content (AvgIpc) is 2.65. The molecular weight excluding hydrogens is 380 g/mol. The molecule has 176 valence electrons. The van der Waals surface area contributed by atoms with Gasteiger partial charge in [-0.1, -0.05) is 64.0 Å². The minimum Gasteiger partial charge on any atom is -0.477 e. The lowest BCUT2D eigenvalue weighted by molar-refractivity contribution is -0.881. The molecule has 0 saturated heterocycles. The van der Waals surface area contributed by atoms with Crippen LogP contribution >= 0.6 is 0 Å². The van der Waals surface area contributed by atoms with Crippen LogP contribution in [0.1, 0.15) is 90.4 Å². The fourth-order valence-electron chi connectivity index (χ4n) is 3.41. The summed E-state index contributed by atoms with van der Waals surface area (Å²) < 4.78 is 0.363. The predicted molar refractivity (Wildman–Crippen MR) is 123 cm³/mol. The third-order valence-electron chi connectivity index (χ3n) is 5.34. The molecule has 6 nitrogen and oxygen atoms in total. The number of carboxylic acid groups (broad SMARTS) is 1. The van der Waals surface area contributed by atoms with Crippen LogP contribution < -0.4 is 5.32 Å². The van der Waals surface area contributed by atoms with Crippen LogP contribution in [0.4, 0.5) is 0 Å². The molecule has 1 amide bonds. The summed E-state index contributed by atoms with van der Waals surface area (Å²) >= 11 is 0. The predicted octanol–water partition coefficient (Wildman–Crippen LogP) is 4.27. The molecule has 0 aliphatic carbocycles. The SMILES string of the molecule is CCCCCC[C@@H](O)C/C=C\CCCCCCCC(=O)NCC[N+](C)(C)CC(=O)O. The summed E-state index contributed by atoms with van der Waals surface area (Å²) in [6.07, 6.45) is 17.7. The van der Waals surface area contributed by atoms with Gasteiger partial charge in [-0.05, 0) is 32.1 Å². The minimum absolute atomic E-state index is 0.0570. The van der Waals surface area contributed by atoms with Crippen LogP contribution in [-0.4, -0.2) is 66.4 Å². The number of hydrogen-bond acceptors (Lipinski definition) is 3. The van der Waals surface area contributed by atoms with Crippen molar-refractivity contribution in [3.05, 3.63) is 12.2 Å². The number of aliphatic hydroxyl groups excluding tert-OH is 1. The van der Waals surface area contributed by atoms with Gasteiger partial charge < -0.3 is 20.0 Å². The van der Waals surface area contributed by atoms with Crippen LogP contribution in [0.15, 0.2) is 12.2 Å². The Morgan fingerprint density at radius 1 is 0.967 bits per heavy atom. The molecule has 0 aromatic heterocycles. The van der Waals surface area contributed by atoms with Gasteiger partial charge in [0.1, 0.15) is 0 Å². The van der Waals surface area contributed by atoms with Crippen molar-refractivity contribution >= 4 is 11.9 Å². The maximum absolute atomic E-state index is 11.8. The van der Waals surface area contributed by atoms with Gasteiger partial charge >= 0.3 is 5.97 Å². The molecule has 0 rings (SSSR count). The molecule has 6 heteroatoms. The van der Waals surface area contributed by atoms with E-state index in [0.717, 1.165) is 51.4 Å². The highest BCUT2D eigenvalue weighted by atomic mass is 16.4. The first-order valence-corrected chi connectivity index (χ1v) is 11.9. The van der Waals surface area contributed by atoms with Gasteiger partial charge in [0, 0.05) is 6.42 Å². The second-order valence-corrected chi connectivity index (χ2v) is 9.08. The largest absolute Gasteiger partial charge is 0.477 e. The maximum atomic E-state index is 11.8. The molecule has 0 spiro atoms. The average molecular weight is 428 g/mol. The molecule has 0 radical (unpaired) electrons. The summed E-state index contributed by atoms with van der Waals surface area (Å²) in [5.74, 6) is -0.765. The lowest BCUT2D eigenvalue weighted by atomic mass is 10.1. The molecule has 3 N–H and O–H groups in total. The third-order valence-corrected chi connectivity index (χ3v) is 5.34. The van der Waals surface area contributed by atoms with E-state index in [9.17, 15) is 14.7 Å². The number of nitrogens with one attached hydrogen (secondary N) is 1. The number of amides is 1. The van der Waals surface area contributed by atoms with E-state index in [-0.39, 0.29) is 18.6 Å². The molecule has 0 saturated carbocycles. The third kappa shape index (κ3) is 19.9. The van der Waals surface area contributed by atoms with Crippen LogP contribution in [0.5, 0.6) is 0 Å². The van der Waals surface area contributed by atoms with Gasteiger partial charge in [-0.2, -0.15) is 0 Å². The van der Waals surface area contributed by atoms with E-state index in [4.69, 9.17) is 5.11 Å². The summed E-state index contributed by atoms with van der Waals surface area (Å²) in [5.41, 5.74) is 0. The summed E-state index contributed by atoms with van der Waals surface area (Å²) in [5, 5.41) is 21.7. The van der Waals surface area contributed by atoms with Crippen LogP contribution in [0.3, 0.4) is 0 Å². The van der Waals surface area contributed by atoms with Gasteiger partial charge in [0.2, 0.25) is 5.91 Å². The number of likely N-dealkylation sites (N-methyl/N-ethyl adjacent to an activating group) is 1. The monoisotopic (exact) mass is 427 g/mol. The van der Waals surface area contributed by atoms with Gasteiger partial charge in [0.15, 0.2) is 6.54 Å². The van der Waals surface area contributed by atoms with Crippen LogP contribution in [0, 0.1) is 0 Å². The first-order chi connectivity index (χ1) is 14.3. The number of carboxylic acids is 1. The van der Waals surface area contributed by atoms with Crippen molar-refractivity contribution in [2.75, 3.05) is 33.7 Å². The maximum Gasteiger partial charge on any atom is 0.359 e. The van der Waals surface area contributed by atoms with Gasteiger partial charge in [0.05, 0.1) is 33.3 Å². The molecule has 30 heavy (non-hydrogen) atoms. The normalized spacial score (nSPS) is 12.9. The Balaban J connectivity index is 3.50. The highest BCUT2D eigenvalue weighted by Crippen LogP contribution is 2.10. The lowest BCUT2D eigenvalue weighted by Crippen LogP contribution is -2.48. The van der Waals surface area contributed by atoms with Crippen LogP contribution in [0.25, 0.3) is 0 Å². The number of hydrogen-bond donors (Lipinski definition) is 3. The van der Waals surface area contributed by atoms with Gasteiger partial charge in [-0.3, -0.25) is 4.79 Å². The quantitative estimate of drug-likeness (QED) is 0.154. The van der Waals surface area contributed by atoms with Gasteiger partial charge in [-0.25, -0.2) is 4.79 Å². The zero-order valence-corrected chi connectivity index (χ0v) is 19.7. The van der Waals surface area contributed by atoms with Crippen molar-refractivity contribution in [2.24, 2.45) is 0 Å². The van der Waals surface area contributed by atoms with Crippen LogP contribution in [0.2, 0.25) is 0 Å². The van der Waals surface area contributed by atoms with E-state index >= 15 is 0 Å². The molecule has 0 aromatic rings. The fourth-order valence-corrected chi connectivity index (χ4v) is 3.41. The molecule has 0 heterocycles. The van der Waals surface area contributed by atoms with E-state index in [1.54, 1.807) is 0 Å². The first kappa shape index (κ1) is 28.6. The summed E-state index contributed by atoms with van der Waals surface area (Å²) in [6, 6.07) is 0. The standard InChI is InChI=1S/C24H46N2O4/c1-4-5-6-13-16-22(27)17-14-11-9-7-8-10-12-15-18-23(28)25-19-20-26(2,3)21-24(29)30/h11,14,22,27H,4-10,12-13,15-21H2,1-3H3,(H-,25,28,29,30)/p+1/b14-11-/t22-/m1/s1. The topological polar surface area (TPSA) is 86.6 Å². The van der Waals surface area contributed by atoms with Crippen molar-refractivity contribution in [2.45, 2.75) is 96.5 Å². The number of quaternary nitrogens is 1. The van der Waals surface area contributed by atoms with Crippen molar-refractivity contribution < 1.29 is 24.3 Å². The second kappa shape index (κ2) is 18.4. The van der Waals surface area contributed by atoms with Crippen molar-refractivity contribution in [1.29, 1.82) is 0 Å². The van der Waals surface area contributed by atoms with Gasteiger partial charge in [0.25, 0.3) is 0 Å². The summed E-state index contributed by atoms with van der Waals surface area (Å²) in [7, 11) is 3.71. The Labute approximate surface area is 184 Å². The Bertz CT molecular complexity index is 478. The Kier molecular flexibility index (Phi) is 17.5. The number of unbranched alkanes of at least 4 members (excludes halogenated alkanes) is 8. The van der Waals surface area contributed by atoms with E-state index in [1.165, 1.54) is 25.7 Å². The van der Waals surface area contributed by atoms with E-state index < -0.39 is 5.97 Å². The fraction of sp³-hybridized carbons (Fsp3) is 0.833. The lowest BCUT2D eigenvalue weighted by Gasteiger charge is -2.27. The Hall–Kier alpha value is -1.40. The molecule has 0 aliphatic rings. The molecule has 1 atom stereocenters. The molecule has 0 aromatic carbocycles.